The highest BCUT2D eigenvalue weighted by atomic mass is 19.1. The lowest BCUT2D eigenvalue weighted by Crippen LogP contribution is -2.31. The fraction of sp³-hybridized carbons (Fsp3) is 0.364. The van der Waals surface area contributed by atoms with Crippen LogP contribution in [0.2, 0.25) is 0 Å². The van der Waals surface area contributed by atoms with E-state index in [1.165, 1.54) is 6.07 Å². The van der Waals surface area contributed by atoms with Crippen molar-refractivity contribution in [3.05, 3.63) is 30.1 Å². The molecule has 1 atom stereocenters. The van der Waals surface area contributed by atoms with Gasteiger partial charge in [-0.25, -0.2) is 4.39 Å². The largest absolute Gasteiger partial charge is 0.307 e. The van der Waals surface area contributed by atoms with E-state index in [1.807, 2.05) is 6.92 Å². The van der Waals surface area contributed by atoms with Crippen LogP contribution in [-0.4, -0.2) is 11.9 Å². The number of nitrogens with zero attached hydrogens (tertiary/aromatic N) is 1. The van der Waals surface area contributed by atoms with Crippen molar-refractivity contribution in [3.8, 4) is 0 Å². The summed E-state index contributed by atoms with van der Waals surface area (Å²) in [6.45, 7) is 1.94. The van der Waals surface area contributed by atoms with Crippen molar-refractivity contribution in [2.75, 3.05) is 4.90 Å². The first-order valence-corrected chi connectivity index (χ1v) is 4.77. The van der Waals surface area contributed by atoms with Gasteiger partial charge in [0, 0.05) is 12.5 Å². The maximum Gasteiger partial charge on any atom is 0.227 e. The second kappa shape index (κ2) is 3.40. The normalized spacial score (nSPS) is 21.7. The molecule has 0 saturated carbocycles. The zero-order valence-corrected chi connectivity index (χ0v) is 8.03. The molecule has 1 saturated heterocycles. The van der Waals surface area contributed by atoms with Crippen LogP contribution >= 0.6 is 0 Å². The van der Waals surface area contributed by atoms with Crippen LogP contribution < -0.4 is 4.90 Å². The van der Waals surface area contributed by atoms with Crippen molar-refractivity contribution < 1.29 is 9.18 Å². The number of hydrogen-bond acceptors (Lipinski definition) is 1. The number of rotatable bonds is 1. The molecule has 14 heavy (non-hydrogen) atoms. The molecule has 0 aromatic heterocycles. The molecule has 0 radical (unpaired) electrons. The van der Waals surface area contributed by atoms with Gasteiger partial charge in [0.2, 0.25) is 5.91 Å². The molecule has 1 aromatic rings. The Labute approximate surface area is 82.3 Å². The van der Waals surface area contributed by atoms with Crippen LogP contribution in [0.3, 0.4) is 0 Å². The third-order valence-electron chi connectivity index (χ3n) is 2.60. The number of anilines is 1. The first-order chi connectivity index (χ1) is 6.70. The van der Waals surface area contributed by atoms with Gasteiger partial charge in [0.15, 0.2) is 0 Å². The number of benzene rings is 1. The van der Waals surface area contributed by atoms with Crippen LogP contribution in [0, 0.1) is 5.82 Å². The molecule has 0 aliphatic carbocycles. The minimum atomic E-state index is -0.324. The van der Waals surface area contributed by atoms with Crippen LogP contribution in [0.1, 0.15) is 19.8 Å². The predicted octanol–water partition coefficient (Wildman–Crippen LogP) is 2.34. The molecule has 0 N–H and O–H groups in total. The standard InChI is InChI=1S/C11H12FNO/c1-8-6-7-11(14)13(8)10-5-3-2-4-9(10)12/h2-5,8H,6-7H2,1H3. The fourth-order valence-electron chi connectivity index (χ4n) is 1.85. The van der Waals surface area contributed by atoms with Crippen LogP contribution in [-0.2, 0) is 4.79 Å². The Bertz CT molecular complexity index is 364. The maximum atomic E-state index is 13.4. The maximum absolute atomic E-state index is 13.4. The molecule has 1 heterocycles. The van der Waals surface area contributed by atoms with E-state index < -0.39 is 0 Å². The lowest BCUT2D eigenvalue weighted by Gasteiger charge is -2.21. The summed E-state index contributed by atoms with van der Waals surface area (Å²) in [7, 11) is 0. The van der Waals surface area contributed by atoms with E-state index >= 15 is 0 Å². The molecular formula is C11H12FNO. The molecule has 0 bridgehead atoms. The minimum Gasteiger partial charge on any atom is -0.307 e. The Morgan fingerprint density at radius 2 is 2.14 bits per heavy atom. The van der Waals surface area contributed by atoms with E-state index in [0.717, 1.165) is 6.42 Å². The minimum absolute atomic E-state index is 0.0163. The van der Waals surface area contributed by atoms with Crippen molar-refractivity contribution in [2.24, 2.45) is 0 Å². The summed E-state index contributed by atoms with van der Waals surface area (Å²) in [4.78, 5) is 13.0. The Balaban J connectivity index is 2.39. The summed E-state index contributed by atoms with van der Waals surface area (Å²) in [6, 6.07) is 6.52. The smallest absolute Gasteiger partial charge is 0.227 e. The topological polar surface area (TPSA) is 20.3 Å². The first kappa shape index (κ1) is 9.19. The van der Waals surface area contributed by atoms with Gasteiger partial charge < -0.3 is 4.90 Å². The predicted molar refractivity (Wildman–Crippen MR) is 52.6 cm³/mol. The highest BCUT2D eigenvalue weighted by Crippen LogP contribution is 2.28. The summed E-state index contributed by atoms with van der Waals surface area (Å²) < 4.78 is 13.4. The second-order valence-corrected chi connectivity index (χ2v) is 3.60. The molecule has 2 nitrogen and oxygen atoms in total. The number of amides is 1. The average molecular weight is 193 g/mol. The Morgan fingerprint density at radius 1 is 1.43 bits per heavy atom. The van der Waals surface area contributed by atoms with Gasteiger partial charge in [-0.3, -0.25) is 4.79 Å². The van der Waals surface area contributed by atoms with Gasteiger partial charge in [-0.1, -0.05) is 12.1 Å². The number of para-hydroxylation sites is 1. The first-order valence-electron chi connectivity index (χ1n) is 4.77. The third kappa shape index (κ3) is 1.39. The average Bonchev–Trinajstić information content (AvgIpc) is 2.48. The molecule has 1 fully saturated rings. The van der Waals surface area contributed by atoms with Crippen LogP contribution in [0.15, 0.2) is 24.3 Å². The van der Waals surface area contributed by atoms with Crippen molar-refractivity contribution in [3.63, 3.8) is 0 Å². The van der Waals surface area contributed by atoms with Gasteiger partial charge in [-0.05, 0) is 25.5 Å². The highest BCUT2D eigenvalue weighted by Gasteiger charge is 2.30. The molecule has 1 amide bonds. The molecule has 1 unspecified atom stereocenters. The van der Waals surface area contributed by atoms with Crippen molar-refractivity contribution in [2.45, 2.75) is 25.8 Å². The summed E-state index contributed by atoms with van der Waals surface area (Å²) >= 11 is 0. The Morgan fingerprint density at radius 3 is 2.71 bits per heavy atom. The number of carbonyl (C=O) groups excluding carboxylic acids is 1. The monoisotopic (exact) mass is 193 g/mol. The van der Waals surface area contributed by atoms with Crippen molar-refractivity contribution >= 4 is 11.6 Å². The zero-order valence-electron chi connectivity index (χ0n) is 8.03. The van der Waals surface area contributed by atoms with Gasteiger partial charge in [0.25, 0.3) is 0 Å². The van der Waals surface area contributed by atoms with E-state index in [1.54, 1.807) is 23.1 Å². The van der Waals surface area contributed by atoms with E-state index in [2.05, 4.69) is 0 Å². The number of hydrogen-bond donors (Lipinski definition) is 0. The van der Waals surface area contributed by atoms with Gasteiger partial charge >= 0.3 is 0 Å². The Hall–Kier alpha value is -1.38. The van der Waals surface area contributed by atoms with Crippen LogP contribution in [0.4, 0.5) is 10.1 Å². The molecule has 2 rings (SSSR count). The van der Waals surface area contributed by atoms with Gasteiger partial charge in [-0.15, -0.1) is 0 Å². The molecule has 74 valence electrons. The summed E-state index contributed by atoms with van der Waals surface area (Å²) in [5, 5.41) is 0. The van der Waals surface area contributed by atoms with Crippen molar-refractivity contribution in [1.29, 1.82) is 0 Å². The van der Waals surface area contributed by atoms with E-state index in [-0.39, 0.29) is 17.8 Å². The fourth-order valence-corrected chi connectivity index (χ4v) is 1.85. The van der Waals surface area contributed by atoms with Crippen LogP contribution in [0.25, 0.3) is 0 Å². The second-order valence-electron chi connectivity index (χ2n) is 3.60. The quantitative estimate of drug-likeness (QED) is 0.670. The Kier molecular flexibility index (Phi) is 2.23. The summed E-state index contributed by atoms with van der Waals surface area (Å²) in [6.07, 6.45) is 1.34. The number of halogens is 1. The molecule has 0 spiro atoms. The molecule has 1 aliphatic rings. The zero-order chi connectivity index (χ0) is 10.1. The van der Waals surface area contributed by atoms with E-state index in [9.17, 15) is 9.18 Å². The molecular weight excluding hydrogens is 181 g/mol. The van der Waals surface area contributed by atoms with Gasteiger partial charge in [-0.2, -0.15) is 0 Å². The molecule has 1 aliphatic heterocycles. The number of carbonyl (C=O) groups is 1. The van der Waals surface area contributed by atoms with Gasteiger partial charge in [0.1, 0.15) is 5.82 Å². The lowest BCUT2D eigenvalue weighted by atomic mass is 10.2. The van der Waals surface area contributed by atoms with Crippen molar-refractivity contribution in [1.82, 2.24) is 0 Å². The van der Waals surface area contributed by atoms with Crippen LogP contribution in [0.5, 0.6) is 0 Å². The summed E-state index contributed by atoms with van der Waals surface area (Å²) in [5.41, 5.74) is 0.405. The molecule has 3 heteroatoms. The van der Waals surface area contributed by atoms with E-state index in [4.69, 9.17) is 0 Å². The summed E-state index contributed by atoms with van der Waals surface area (Å²) in [5.74, 6) is -0.308. The highest BCUT2D eigenvalue weighted by molar-refractivity contribution is 5.96. The van der Waals surface area contributed by atoms with Gasteiger partial charge in [0.05, 0.1) is 5.69 Å². The molecule has 1 aromatic carbocycles. The SMILES string of the molecule is CC1CCC(=O)N1c1ccccc1F. The third-order valence-corrected chi connectivity index (χ3v) is 2.60. The van der Waals surface area contributed by atoms with E-state index in [0.29, 0.717) is 12.1 Å². The lowest BCUT2D eigenvalue weighted by molar-refractivity contribution is -0.117.